The van der Waals surface area contributed by atoms with Crippen molar-refractivity contribution in [2.45, 2.75) is 39.3 Å². The van der Waals surface area contributed by atoms with Crippen molar-refractivity contribution in [3.8, 4) is 0 Å². The Morgan fingerprint density at radius 3 is 2.70 bits per heavy atom. The van der Waals surface area contributed by atoms with Gasteiger partial charge in [-0.3, -0.25) is 9.89 Å². The van der Waals surface area contributed by atoms with Crippen molar-refractivity contribution in [3.63, 3.8) is 0 Å². The van der Waals surface area contributed by atoms with Crippen LogP contribution in [0.1, 0.15) is 31.5 Å². The quantitative estimate of drug-likeness (QED) is 0.400. The topological polar surface area (TPSA) is 57.0 Å². The second kappa shape index (κ2) is 11.4. The maximum absolute atomic E-state index is 4.76. The molecule has 0 saturated heterocycles. The van der Waals surface area contributed by atoms with Gasteiger partial charge in [0.15, 0.2) is 5.96 Å². The molecule has 0 spiro atoms. The van der Waals surface area contributed by atoms with Gasteiger partial charge in [0.25, 0.3) is 0 Å². The molecule has 160 valence electrons. The highest BCUT2D eigenvalue weighted by Crippen LogP contribution is 2.08. The Balaban J connectivity index is 1.44. The van der Waals surface area contributed by atoms with Crippen LogP contribution in [0.5, 0.6) is 0 Å². The zero-order valence-corrected chi connectivity index (χ0v) is 18.4. The van der Waals surface area contributed by atoms with Crippen LogP contribution in [0.3, 0.4) is 0 Å². The largest absolute Gasteiger partial charge is 0.357 e. The van der Waals surface area contributed by atoms with Gasteiger partial charge in [-0.2, -0.15) is 0 Å². The summed E-state index contributed by atoms with van der Waals surface area (Å²) in [5, 5.41) is 6.77. The third-order valence-electron chi connectivity index (χ3n) is 5.28. The number of aromatic nitrogens is 2. The average molecular weight is 407 g/mol. The first-order chi connectivity index (χ1) is 14.7. The van der Waals surface area contributed by atoms with Crippen LogP contribution < -0.4 is 10.6 Å². The summed E-state index contributed by atoms with van der Waals surface area (Å²) in [6.07, 6.45) is 6.00. The van der Waals surface area contributed by atoms with E-state index in [9.17, 15) is 0 Å². The second-order valence-electron chi connectivity index (χ2n) is 7.67. The van der Waals surface area contributed by atoms with Crippen LogP contribution in [-0.4, -0.2) is 53.0 Å². The minimum Gasteiger partial charge on any atom is -0.357 e. The SMILES string of the molecule is CCNC(=NCCC(C)N(C)Cc1ccccc1)NCCc1cn2ccccc2n1. The molecule has 0 aliphatic heterocycles. The summed E-state index contributed by atoms with van der Waals surface area (Å²) in [7, 11) is 2.18. The van der Waals surface area contributed by atoms with Gasteiger partial charge in [-0.05, 0) is 45.0 Å². The third kappa shape index (κ3) is 6.59. The number of fused-ring (bicyclic) bond motifs is 1. The van der Waals surface area contributed by atoms with Gasteiger partial charge >= 0.3 is 0 Å². The highest BCUT2D eigenvalue weighted by Gasteiger charge is 2.09. The normalized spacial score (nSPS) is 13.0. The highest BCUT2D eigenvalue weighted by molar-refractivity contribution is 5.79. The molecule has 0 amide bonds. The second-order valence-corrected chi connectivity index (χ2v) is 7.67. The summed E-state index contributed by atoms with van der Waals surface area (Å²) in [5.41, 5.74) is 3.42. The molecule has 1 atom stereocenters. The molecular formula is C24H34N6. The molecule has 3 aromatic rings. The molecule has 0 aliphatic rings. The lowest BCUT2D eigenvalue weighted by atomic mass is 10.1. The number of imidazole rings is 1. The van der Waals surface area contributed by atoms with E-state index in [1.165, 1.54) is 5.56 Å². The number of guanidine groups is 1. The van der Waals surface area contributed by atoms with Crippen molar-refractivity contribution in [2.24, 2.45) is 4.99 Å². The smallest absolute Gasteiger partial charge is 0.191 e. The average Bonchev–Trinajstić information content (AvgIpc) is 3.17. The van der Waals surface area contributed by atoms with Gasteiger partial charge in [0.05, 0.1) is 5.69 Å². The van der Waals surface area contributed by atoms with Gasteiger partial charge in [0, 0.05) is 51.0 Å². The Morgan fingerprint density at radius 1 is 1.13 bits per heavy atom. The van der Waals surface area contributed by atoms with Crippen molar-refractivity contribution in [3.05, 3.63) is 72.2 Å². The van der Waals surface area contributed by atoms with E-state index in [-0.39, 0.29) is 0 Å². The van der Waals surface area contributed by atoms with E-state index < -0.39 is 0 Å². The van der Waals surface area contributed by atoms with Gasteiger partial charge < -0.3 is 15.0 Å². The molecule has 2 N–H and O–H groups in total. The van der Waals surface area contributed by atoms with Gasteiger partial charge in [0.1, 0.15) is 5.65 Å². The predicted octanol–water partition coefficient (Wildman–Crippen LogP) is 3.34. The Bertz CT molecular complexity index is 885. The van der Waals surface area contributed by atoms with Crippen LogP contribution in [0.4, 0.5) is 0 Å². The lowest BCUT2D eigenvalue weighted by molar-refractivity contribution is 0.240. The number of nitrogens with one attached hydrogen (secondary N) is 2. The molecule has 30 heavy (non-hydrogen) atoms. The summed E-state index contributed by atoms with van der Waals surface area (Å²) >= 11 is 0. The van der Waals surface area contributed by atoms with E-state index in [1.54, 1.807) is 0 Å². The van der Waals surface area contributed by atoms with Crippen LogP contribution in [0.25, 0.3) is 5.65 Å². The summed E-state index contributed by atoms with van der Waals surface area (Å²) in [5.74, 6) is 0.874. The Kier molecular flexibility index (Phi) is 8.27. The third-order valence-corrected chi connectivity index (χ3v) is 5.28. The Labute approximate surface area is 180 Å². The van der Waals surface area contributed by atoms with Crippen molar-refractivity contribution >= 4 is 11.6 Å². The van der Waals surface area contributed by atoms with E-state index in [2.05, 4.69) is 82.3 Å². The van der Waals surface area contributed by atoms with E-state index in [0.717, 1.165) is 56.3 Å². The first-order valence-corrected chi connectivity index (χ1v) is 10.8. The number of hydrogen-bond acceptors (Lipinski definition) is 3. The molecule has 0 radical (unpaired) electrons. The van der Waals surface area contributed by atoms with E-state index in [1.807, 2.05) is 24.4 Å². The van der Waals surface area contributed by atoms with Crippen molar-refractivity contribution in [2.75, 3.05) is 26.7 Å². The summed E-state index contributed by atoms with van der Waals surface area (Å²) in [6.45, 7) is 7.77. The molecule has 2 aromatic heterocycles. The lowest BCUT2D eigenvalue weighted by Gasteiger charge is -2.24. The number of pyridine rings is 1. The van der Waals surface area contributed by atoms with Crippen molar-refractivity contribution < 1.29 is 0 Å². The minimum absolute atomic E-state index is 0.467. The van der Waals surface area contributed by atoms with Crippen molar-refractivity contribution in [1.82, 2.24) is 24.9 Å². The molecule has 0 bridgehead atoms. The number of nitrogens with zero attached hydrogens (tertiary/aromatic N) is 4. The monoisotopic (exact) mass is 406 g/mol. The molecule has 6 nitrogen and oxygen atoms in total. The molecular weight excluding hydrogens is 372 g/mol. The summed E-state index contributed by atoms with van der Waals surface area (Å²) < 4.78 is 2.06. The molecule has 0 fully saturated rings. The van der Waals surface area contributed by atoms with Gasteiger partial charge in [-0.25, -0.2) is 4.98 Å². The predicted molar refractivity (Wildman–Crippen MR) is 125 cm³/mol. The fraction of sp³-hybridized carbons (Fsp3) is 0.417. The Morgan fingerprint density at radius 2 is 1.93 bits per heavy atom. The van der Waals surface area contributed by atoms with Gasteiger partial charge in [0.2, 0.25) is 0 Å². The van der Waals surface area contributed by atoms with Gasteiger partial charge in [-0.1, -0.05) is 36.4 Å². The molecule has 1 unspecified atom stereocenters. The molecule has 0 aliphatic carbocycles. The fourth-order valence-electron chi connectivity index (χ4n) is 3.37. The lowest BCUT2D eigenvalue weighted by Crippen LogP contribution is -2.38. The number of rotatable bonds is 10. The highest BCUT2D eigenvalue weighted by atomic mass is 15.2. The zero-order chi connectivity index (χ0) is 21.2. The number of hydrogen-bond donors (Lipinski definition) is 2. The van der Waals surface area contributed by atoms with Crippen molar-refractivity contribution in [1.29, 1.82) is 0 Å². The van der Waals surface area contributed by atoms with E-state index in [0.29, 0.717) is 6.04 Å². The van der Waals surface area contributed by atoms with Crippen LogP contribution >= 0.6 is 0 Å². The Hall–Kier alpha value is -2.86. The fourth-order valence-corrected chi connectivity index (χ4v) is 3.37. The van der Waals surface area contributed by atoms with E-state index >= 15 is 0 Å². The first kappa shape index (κ1) is 21.8. The maximum Gasteiger partial charge on any atom is 0.191 e. The minimum atomic E-state index is 0.467. The van der Waals surface area contributed by atoms with Crippen LogP contribution in [0.15, 0.2) is 65.9 Å². The molecule has 1 aromatic carbocycles. The summed E-state index contributed by atoms with van der Waals surface area (Å²) in [6, 6.07) is 17.1. The van der Waals surface area contributed by atoms with Crippen LogP contribution in [-0.2, 0) is 13.0 Å². The van der Waals surface area contributed by atoms with Gasteiger partial charge in [-0.15, -0.1) is 0 Å². The van der Waals surface area contributed by atoms with E-state index in [4.69, 9.17) is 4.99 Å². The summed E-state index contributed by atoms with van der Waals surface area (Å²) in [4.78, 5) is 11.8. The number of benzene rings is 1. The number of aliphatic imine (C=N–C) groups is 1. The van der Waals surface area contributed by atoms with Crippen LogP contribution in [0, 0.1) is 0 Å². The van der Waals surface area contributed by atoms with Crippen LogP contribution in [0.2, 0.25) is 0 Å². The maximum atomic E-state index is 4.76. The zero-order valence-electron chi connectivity index (χ0n) is 18.4. The first-order valence-electron chi connectivity index (χ1n) is 10.8. The molecule has 3 rings (SSSR count). The standard InChI is InChI=1S/C24H34N6/c1-4-25-24(27-16-14-22-19-30-17-9-8-12-23(30)28-22)26-15-13-20(2)29(3)18-21-10-6-5-7-11-21/h5-12,17,19-20H,4,13-16,18H2,1-3H3,(H2,25,26,27). The molecule has 2 heterocycles. The molecule has 6 heteroatoms. The molecule has 0 saturated carbocycles.